The average Bonchev–Trinajstić information content (AvgIpc) is 3.01. The molecule has 2 heterocycles. The first-order valence-electron chi connectivity index (χ1n) is 7.52. The van der Waals surface area contributed by atoms with E-state index in [2.05, 4.69) is 11.4 Å². The number of ether oxygens (including phenoxy) is 1. The van der Waals surface area contributed by atoms with Gasteiger partial charge in [0.1, 0.15) is 0 Å². The van der Waals surface area contributed by atoms with Gasteiger partial charge in [0.15, 0.2) is 6.10 Å². The summed E-state index contributed by atoms with van der Waals surface area (Å²) in [5, 5.41) is 3.33. The van der Waals surface area contributed by atoms with Gasteiger partial charge >= 0.3 is 0 Å². The fourth-order valence-electron chi connectivity index (χ4n) is 3.25. The third-order valence-corrected chi connectivity index (χ3v) is 4.32. The maximum Gasteiger partial charge on any atom is 0.256 e. The summed E-state index contributed by atoms with van der Waals surface area (Å²) >= 11 is 0. The maximum absolute atomic E-state index is 12.9. The predicted octanol–water partition coefficient (Wildman–Crippen LogP) is 1.51. The number of amides is 1. The van der Waals surface area contributed by atoms with Gasteiger partial charge in [-0.2, -0.15) is 0 Å². The lowest BCUT2D eigenvalue weighted by molar-refractivity contribution is -0.147. The van der Waals surface area contributed by atoms with Gasteiger partial charge in [0.2, 0.25) is 0 Å². The number of hydrogen-bond donors (Lipinski definition) is 1. The number of rotatable bonds is 3. The summed E-state index contributed by atoms with van der Waals surface area (Å²) in [6.07, 6.45) is 1.52. The SMILES string of the molecule is CCN(C(=O)C1OCCc2ccccc21)C1CCNC1. The summed E-state index contributed by atoms with van der Waals surface area (Å²) < 4.78 is 5.80. The molecule has 2 aliphatic heterocycles. The van der Waals surface area contributed by atoms with Crippen molar-refractivity contribution in [3.8, 4) is 0 Å². The predicted molar refractivity (Wildman–Crippen MR) is 77.5 cm³/mol. The topological polar surface area (TPSA) is 41.6 Å². The fourth-order valence-corrected chi connectivity index (χ4v) is 3.25. The van der Waals surface area contributed by atoms with Crippen molar-refractivity contribution in [2.75, 3.05) is 26.2 Å². The molecule has 0 bridgehead atoms. The Balaban J connectivity index is 1.83. The van der Waals surface area contributed by atoms with Crippen molar-refractivity contribution < 1.29 is 9.53 Å². The summed E-state index contributed by atoms with van der Waals surface area (Å²) in [6.45, 7) is 5.32. The van der Waals surface area contributed by atoms with E-state index in [1.807, 2.05) is 30.0 Å². The van der Waals surface area contributed by atoms with Crippen LogP contribution in [0.2, 0.25) is 0 Å². The highest BCUT2D eigenvalue weighted by atomic mass is 16.5. The second kappa shape index (κ2) is 5.94. The van der Waals surface area contributed by atoms with Crippen LogP contribution in [0.15, 0.2) is 24.3 Å². The Kier molecular flexibility index (Phi) is 4.03. The quantitative estimate of drug-likeness (QED) is 0.908. The molecule has 1 aromatic rings. The first kappa shape index (κ1) is 13.6. The lowest BCUT2D eigenvalue weighted by Gasteiger charge is -2.33. The van der Waals surface area contributed by atoms with Gasteiger partial charge in [-0.3, -0.25) is 4.79 Å². The highest BCUT2D eigenvalue weighted by molar-refractivity contribution is 5.83. The van der Waals surface area contributed by atoms with Crippen molar-refractivity contribution in [1.82, 2.24) is 10.2 Å². The van der Waals surface area contributed by atoms with Crippen molar-refractivity contribution in [2.45, 2.75) is 31.9 Å². The smallest absolute Gasteiger partial charge is 0.256 e. The third-order valence-electron chi connectivity index (χ3n) is 4.32. The largest absolute Gasteiger partial charge is 0.363 e. The van der Waals surface area contributed by atoms with Crippen LogP contribution in [0, 0.1) is 0 Å². The number of hydrogen-bond acceptors (Lipinski definition) is 3. The van der Waals surface area contributed by atoms with Crippen LogP contribution < -0.4 is 5.32 Å². The number of carbonyl (C=O) groups is 1. The molecule has 4 nitrogen and oxygen atoms in total. The number of nitrogens with zero attached hydrogens (tertiary/aromatic N) is 1. The van der Waals surface area contributed by atoms with E-state index in [0.29, 0.717) is 12.6 Å². The van der Waals surface area contributed by atoms with Crippen LogP contribution in [-0.4, -0.2) is 43.1 Å². The lowest BCUT2D eigenvalue weighted by Crippen LogP contribution is -2.45. The van der Waals surface area contributed by atoms with E-state index in [1.54, 1.807) is 0 Å². The van der Waals surface area contributed by atoms with Crippen LogP contribution >= 0.6 is 0 Å². The van der Waals surface area contributed by atoms with Crippen LogP contribution in [0.3, 0.4) is 0 Å². The zero-order valence-corrected chi connectivity index (χ0v) is 12.0. The molecule has 0 radical (unpaired) electrons. The molecule has 108 valence electrons. The van der Waals surface area contributed by atoms with Crippen LogP contribution in [-0.2, 0) is 16.0 Å². The molecule has 0 saturated carbocycles. The minimum Gasteiger partial charge on any atom is -0.363 e. The van der Waals surface area contributed by atoms with E-state index < -0.39 is 6.10 Å². The molecule has 2 unspecified atom stereocenters. The van der Waals surface area contributed by atoms with E-state index >= 15 is 0 Å². The monoisotopic (exact) mass is 274 g/mol. The van der Waals surface area contributed by atoms with E-state index in [1.165, 1.54) is 5.56 Å². The van der Waals surface area contributed by atoms with Gasteiger partial charge in [-0.05, 0) is 37.4 Å². The Bertz CT molecular complexity index is 483. The van der Waals surface area contributed by atoms with Crippen LogP contribution in [0.4, 0.5) is 0 Å². The van der Waals surface area contributed by atoms with Gasteiger partial charge in [0.25, 0.3) is 5.91 Å². The molecule has 0 aliphatic carbocycles. The fraction of sp³-hybridized carbons (Fsp3) is 0.562. The summed E-state index contributed by atoms with van der Waals surface area (Å²) in [5.74, 6) is 0.119. The molecule has 2 atom stereocenters. The molecular formula is C16H22N2O2. The molecule has 1 aromatic carbocycles. The number of nitrogens with one attached hydrogen (secondary N) is 1. The summed E-state index contributed by atoms with van der Waals surface area (Å²) in [5.41, 5.74) is 2.30. The van der Waals surface area contributed by atoms with Crippen LogP contribution in [0.1, 0.15) is 30.6 Å². The maximum atomic E-state index is 12.9. The van der Waals surface area contributed by atoms with Crippen LogP contribution in [0.25, 0.3) is 0 Å². The third kappa shape index (κ3) is 2.45. The van der Waals surface area contributed by atoms with Gasteiger partial charge in [0, 0.05) is 19.1 Å². The van der Waals surface area contributed by atoms with Crippen molar-refractivity contribution in [2.24, 2.45) is 0 Å². The second-order valence-corrected chi connectivity index (χ2v) is 5.47. The van der Waals surface area contributed by atoms with E-state index in [9.17, 15) is 4.79 Å². The zero-order valence-electron chi connectivity index (χ0n) is 12.0. The number of likely N-dealkylation sites (N-methyl/N-ethyl adjacent to an activating group) is 1. The standard InChI is InChI=1S/C16H22N2O2/c1-2-18(13-7-9-17-11-13)16(19)15-14-6-4-3-5-12(14)8-10-20-15/h3-6,13,15,17H,2,7-11H2,1H3. The first-order valence-corrected chi connectivity index (χ1v) is 7.52. The molecule has 1 N–H and O–H groups in total. The summed E-state index contributed by atoms with van der Waals surface area (Å²) in [4.78, 5) is 14.8. The molecule has 1 fully saturated rings. The van der Waals surface area contributed by atoms with E-state index in [-0.39, 0.29) is 5.91 Å². The van der Waals surface area contributed by atoms with Gasteiger partial charge in [-0.1, -0.05) is 24.3 Å². The molecule has 0 spiro atoms. The molecule has 4 heteroatoms. The molecule has 1 amide bonds. The van der Waals surface area contributed by atoms with Crippen molar-refractivity contribution >= 4 is 5.91 Å². The Hall–Kier alpha value is -1.39. The van der Waals surface area contributed by atoms with Crippen LogP contribution in [0.5, 0.6) is 0 Å². The Morgan fingerprint density at radius 1 is 1.45 bits per heavy atom. The highest BCUT2D eigenvalue weighted by Crippen LogP contribution is 2.29. The number of benzene rings is 1. The molecule has 3 rings (SSSR count). The second-order valence-electron chi connectivity index (χ2n) is 5.47. The average molecular weight is 274 g/mol. The molecule has 20 heavy (non-hydrogen) atoms. The van der Waals surface area contributed by atoms with Crippen molar-refractivity contribution in [1.29, 1.82) is 0 Å². The van der Waals surface area contributed by atoms with Gasteiger partial charge in [0.05, 0.1) is 6.61 Å². The van der Waals surface area contributed by atoms with Gasteiger partial charge in [-0.15, -0.1) is 0 Å². The summed E-state index contributed by atoms with van der Waals surface area (Å²) in [6, 6.07) is 8.46. The molecular weight excluding hydrogens is 252 g/mol. The minimum absolute atomic E-state index is 0.119. The zero-order chi connectivity index (χ0) is 13.9. The van der Waals surface area contributed by atoms with Gasteiger partial charge < -0.3 is 15.0 Å². The summed E-state index contributed by atoms with van der Waals surface area (Å²) in [7, 11) is 0. The van der Waals surface area contributed by atoms with Crippen molar-refractivity contribution in [3.05, 3.63) is 35.4 Å². The van der Waals surface area contributed by atoms with Gasteiger partial charge in [-0.25, -0.2) is 0 Å². The normalized spacial score (nSPS) is 25.2. The highest BCUT2D eigenvalue weighted by Gasteiger charge is 2.34. The Morgan fingerprint density at radius 3 is 3.05 bits per heavy atom. The lowest BCUT2D eigenvalue weighted by atomic mass is 9.96. The minimum atomic E-state index is -0.416. The molecule has 0 aromatic heterocycles. The number of fused-ring (bicyclic) bond motifs is 1. The first-order chi connectivity index (χ1) is 9.81. The molecule has 1 saturated heterocycles. The van der Waals surface area contributed by atoms with E-state index in [0.717, 1.165) is 38.0 Å². The molecule has 2 aliphatic rings. The van der Waals surface area contributed by atoms with Crippen molar-refractivity contribution in [3.63, 3.8) is 0 Å². The number of carbonyl (C=O) groups excluding carboxylic acids is 1. The van der Waals surface area contributed by atoms with E-state index in [4.69, 9.17) is 4.74 Å². The Labute approximate surface area is 120 Å². The Morgan fingerprint density at radius 2 is 2.30 bits per heavy atom.